The highest BCUT2D eigenvalue weighted by Gasteiger charge is 2.28. The van der Waals surface area contributed by atoms with Gasteiger partial charge in [0.1, 0.15) is 0 Å². The fraction of sp³-hybridized carbons (Fsp3) is 0.615. The highest BCUT2D eigenvalue weighted by Crippen LogP contribution is 2.37. The van der Waals surface area contributed by atoms with Crippen LogP contribution in [-0.2, 0) is 0 Å². The van der Waals surface area contributed by atoms with Crippen molar-refractivity contribution in [3.63, 3.8) is 0 Å². The molecule has 0 saturated heterocycles. The van der Waals surface area contributed by atoms with Crippen molar-refractivity contribution < 1.29 is 0 Å². The summed E-state index contributed by atoms with van der Waals surface area (Å²) >= 11 is 6.55. The molecule has 0 spiro atoms. The average Bonchev–Trinajstić information content (AvgIpc) is 2.82. The van der Waals surface area contributed by atoms with Crippen LogP contribution < -0.4 is 0 Å². The lowest BCUT2D eigenvalue weighted by atomic mass is 9.89. The number of aromatic nitrogens is 1. The van der Waals surface area contributed by atoms with Crippen LogP contribution in [0.1, 0.15) is 44.1 Å². The van der Waals surface area contributed by atoms with E-state index >= 15 is 0 Å². The molecule has 0 bridgehead atoms. The van der Waals surface area contributed by atoms with Crippen LogP contribution >= 0.6 is 11.6 Å². The fourth-order valence-corrected chi connectivity index (χ4v) is 2.93. The molecule has 0 aliphatic heterocycles. The Labute approximate surface area is 96.9 Å². The molecular formula is C13H18ClN. The summed E-state index contributed by atoms with van der Waals surface area (Å²) in [6.07, 6.45) is 9.04. The van der Waals surface area contributed by atoms with Gasteiger partial charge in [-0.3, -0.25) is 4.98 Å². The molecule has 15 heavy (non-hydrogen) atoms. The van der Waals surface area contributed by atoms with E-state index in [4.69, 9.17) is 11.6 Å². The van der Waals surface area contributed by atoms with Crippen molar-refractivity contribution in [3.8, 4) is 0 Å². The minimum Gasteiger partial charge on any atom is -0.265 e. The van der Waals surface area contributed by atoms with Gasteiger partial charge in [-0.25, -0.2) is 0 Å². The van der Waals surface area contributed by atoms with Gasteiger partial charge in [-0.15, -0.1) is 11.6 Å². The summed E-state index contributed by atoms with van der Waals surface area (Å²) in [5.74, 6) is 1.16. The number of hydrogen-bond donors (Lipinski definition) is 0. The van der Waals surface area contributed by atoms with Crippen LogP contribution in [0.3, 0.4) is 0 Å². The predicted molar refractivity (Wildman–Crippen MR) is 64.3 cm³/mol. The zero-order chi connectivity index (χ0) is 10.7. The van der Waals surface area contributed by atoms with Crippen molar-refractivity contribution in [2.45, 2.75) is 43.9 Å². The van der Waals surface area contributed by atoms with Crippen molar-refractivity contribution in [3.05, 3.63) is 30.1 Å². The third-order valence-corrected chi connectivity index (χ3v) is 4.29. The maximum atomic E-state index is 6.55. The molecule has 2 rings (SSSR count). The highest BCUT2D eigenvalue weighted by atomic mass is 35.5. The van der Waals surface area contributed by atoms with Gasteiger partial charge in [-0.2, -0.15) is 0 Å². The molecule has 1 aliphatic rings. The average molecular weight is 224 g/mol. The molecule has 0 radical (unpaired) electrons. The molecule has 82 valence electrons. The third-order valence-electron chi connectivity index (χ3n) is 3.56. The summed E-state index contributed by atoms with van der Waals surface area (Å²) < 4.78 is 0. The molecular weight excluding hydrogens is 206 g/mol. The summed E-state index contributed by atoms with van der Waals surface area (Å²) in [5.41, 5.74) is 1.32. The summed E-state index contributed by atoms with van der Waals surface area (Å²) in [6, 6.07) is 4.16. The van der Waals surface area contributed by atoms with Gasteiger partial charge in [0.25, 0.3) is 0 Å². The van der Waals surface area contributed by atoms with E-state index in [-0.39, 0.29) is 5.38 Å². The molecule has 1 heterocycles. The van der Waals surface area contributed by atoms with E-state index < -0.39 is 0 Å². The van der Waals surface area contributed by atoms with Gasteiger partial charge in [0.05, 0.1) is 0 Å². The van der Waals surface area contributed by atoms with E-state index in [0.29, 0.717) is 5.92 Å². The first-order valence-electron chi connectivity index (χ1n) is 5.83. The van der Waals surface area contributed by atoms with Gasteiger partial charge in [0.2, 0.25) is 0 Å². The van der Waals surface area contributed by atoms with E-state index in [9.17, 15) is 0 Å². The Morgan fingerprint density at radius 1 is 1.27 bits per heavy atom. The number of rotatable bonds is 3. The SMILES string of the molecule is CC(c1ccncc1)C(Cl)C1CCCC1. The van der Waals surface area contributed by atoms with Crippen LogP contribution in [0.4, 0.5) is 0 Å². The Kier molecular flexibility index (Phi) is 3.63. The standard InChI is InChI=1S/C13H18ClN/c1-10(11-6-8-15-9-7-11)13(14)12-4-2-3-5-12/h6-10,12-13H,2-5H2,1H3. The molecule has 1 nitrogen and oxygen atoms in total. The lowest BCUT2D eigenvalue weighted by molar-refractivity contribution is 0.469. The Balaban J connectivity index is 2.03. The van der Waals surface area contributed by atoms with E-state index in [2.05, 4.69) is 24.0 Å². The maximum absolute atomic E-state index is 6.55. The number of hydrogen-bond acceptors (Lipinski definition) is 1. The van der Waals surface area contributed by atoms with E-state index in [0.717, 1.165) is 5.92 Å². The van der Waals surface area contributed by atoms with Crippen LogP contribution in [0, 0.1) is 5.92 Å². The van der Waals surface area contributed by atoms with Gasteiger partial charge in [-0.1, -0.05) is 19.8 Å². The topological polar surface area (TPSA) is 12.9 Å². The smallest absolute Gasteiger partial charge is 0.0430 e. The summed E-state index contributed by atoms with van der Waals surface area (Å²) in [6.45, 7) is 2.23. The zero-order valence-corrected chi connectivity index (χ0v) is 9.95. The monoisotopic (exact) mass is 223 g/mol. The number of alkyl halides is 1. The third kappa shape index (κ3) is 2.52. The highest BCUT2D eigenvalue weighted by molar-refractivity contribution is 6.21. The van der Waals surface area contributed by atoms with Gasteiger partial charge in [0.15, 0.2) is 0 Å². The molecule has 2 unspecified atom stereocenters. The van der Waals surface area contributed by atoms with Crippen molar-refractivity contribution >= 4 is 11.6 Å². The van der Waals surface area contributed by atoms with Crippen LogP contribution in [0.25, 0.3) is 0 Å². The van der Waals surface area contributed by atoms with Crippen LogP contribution in [0.5, 0.6) is 0 Å². The Hall–Kier alpha value is -0.560. The quantitative estimate of drug-likeness (QED) is 0.707. The van der Waals surface area contributed by atoms with Gasteiger partial charge in [0, 0.05) is 17.8 Å². The summed E-state index contributed by atoms with van der Waals surface area (Å²) in [7, 11) is 0. The van der Waals surface area contributed by atoms with Gasteiger partial charge < -0.3 is 0 Å². The Bertz CT molecular complexity index is 293. The van der Waals surface area contributed by atoms with Crippen molar-refractivity contribution in [2.24, 2.45) is 5.92 Å². The molecule has 2 heteroatoms. The van der Waals surface area contributed by atoms with Crippen LogP contribution in [0.15, 0.2) is 24.5 Å². The largest absolute Gasteiger partial charge is 0.265 e. The molecule has 2 atom stereocenters. The first kappa shape index (κ1) is 10.9. The molecule has 0 N–H and O–H groups in total. The molecule has 0 amide bonds. The van der Waals surface area contributed by atoms with Crippen LogP contribution in [-0.4, -0.2) is 10.4 Å². The number of pyridine rings is 1. The minimum absolute atomic E-state index is 0.287. The molecule has 1 saturated carbocycles. The zero-order valence-electron chi connectivity index (χ0n) is 9.20. The van der Waals surface area contributed by atoms with Gasteiger partial charge in [-0.05, 0) is 42.4 Å². The number of halogens is 1. The maximum Gasteiger partial charge on any atom is 0.0430 e. The predicted octanol–water partition coefficient (Wildman–Crippen LogP) is 3.98. The van der Waals surface area contributed by atoms with Crippen LogP contribution in [0.2, 0.25) is 0 Å². The van der Waals surface area contributed by atoms with Gasteiger partial charge >= 0.3 is 0 Å². The van der Waals surface area contributed by atoms with E-state index in [1.54, 1.807) is 0 Å². The number of nitrogens with zero attached hydrogens (tertiary/aromatic N) is 1. The second-order valence-electron chi connectivity index (χ2n) is 4.56. The van der Waals surface area contributed by atoms with Crippen molar-refractivity contribution in [1.82, 2.24) is 4.98 Å². The van der Waals surface area contributed by atoms with E-state index in [1.165, 1.54) is 31.2 Å². The first-order valence-corrected chi connectivity index (χ1v) is 6.26. The molecule has 1 fully saturated rings. The fourth-order valence-electron chi connectivity index (χ4n) is 2.53. The van der Waals surface area contributed by atoms with Crippen molar-refractivity contribution in [1.29, 1.82) is 0 Å². The Morgan fingerprint density at radius 3 is 2.47 bits per heavy atom. The summed E-state index contributed by atoms with van der Waals surface area (Å²) in [5, 5.41) is 0.287. The lowest BCUT2D eigenvalue weighted by Gasteiger charge is -2.23. The Morgan fingerprint density at radius 2 is 1.87 bits per heavy atom. The second-order valence-corrected chi connectivity index (χ2v) is 5.06. The molecule has 1 aromatic heterocycles. The molecule has 1 aromatic rings. The first-order chi connectivity index (χ1) is 7.29. The molecule has 1 aliphatic carbocycles. The summed E-state index contributed by atoms with van der Waals surface area (Å²) in [4.78, 5) is 4.04. The van der Waals surface area contributed by atoms with E-state index in [1.807, 2.05) is 12.4 Å². The molecule has 0 aromatic carbocycles. The minimum atomic E-state index is 0.287. The normalized spacial score (nSPS) is 21.5. The van der Waals surface area contributed by atoms with Crippen molar-refractivity contribution in [2.75, 3.05) is 0 Å². The second kappa shape index (κ2) is 4.98. The lowest BCUT2D eigenvalue weighted by Crippen LogP contribution is -2.18.